The zero-order chi connectivity index (χ0) is 21.2. The van der Waals surface area contributed by atoms with Gasteiger partial charge in [-0.3, -0.25) is 4.98 Å². The topological polar surface area (TPSA) is 17.8 Å². The average Bonchev–Trinajstić information content (AvgIpc) is 3.19. The van der Waals surface area contributed by atoms with E-state index in [1.54, 1.807) is 0 Å². The van der Waals surface area contributed by atoms with Crippen LogP contribution < -0.4 is 5.72 Å². The first-order valence-electron chi connectivity index (χ1n) is 10.8. The second kappa shape index (κ2) is 12.0. The van der Waals surface area contributed by atoms with Crippen molar-refractivity contribution >= 4 is 47.8 Å². The summed E-state index contributed by atoms with van der Waals surface area (Å²) in [4.78, 5) is 4.59. The van der Waals surface area contributed by atoms with E-state index < -0.39 is 0 Å². The molecule has 1 radical (unpaired) electrons. The molecule has 0 aliphatic carbocycles. The molecule has 0 N–H and O–H groups in total. The van der Waals surface area contributed by atoms with Crippen molar-refractivity contribution < 1.29 is 0 Å². The summed E-state index contributed by atoms with van der Waals surface area (Å²) in [5.74, 6) is 0. The number of nitrogens with zero attached hydrogens (tertiary/aromatic N) is 2. The molecule has 0 saturated heterocycles. The smallest absolute Gasteiger partial charge is 0.241 e. The normalized spacial score (nSPS) is 11.6. The standard InChI is InChI=1S/C25H28BCl2N2/c1-2-3-4-5-6-11-17-30-18-16-29-25(30)26-22(21-13-8-10-15-24(21)28)19-20-12-7-9-14-23(20)27/h7-10,12-16,18-19H,2-6,11,17H2,1H3. The summed E-state index contributed by atoms with van der Waals surface area (Å²) in [6.07, 6.45) is 13.7. The summed E-state index contributed by atoms with van der Waals surface area (Å²) in [7, 11) is 2.10. The Morgan fingerprint density at radius 2 is 1.63 bits per heavy atom. The molecule has 0 amide bonds. The second-order valence-electron chi connectivity index (χ2n) is 7.49. The lowest BCUT2D eigenvalue weighted by molar-refractivity contribution is 0.563. The van der Waals surface area contributed by atoms with Crippen LogP contribution in [0.3, 0.4) is 0 Å². The highest BCUT2D eigenvalue weighted by Gasteiger charge is 2.14. The highest BCUT2D eigenvalue weighted by atomic mass is 35.5. The number of aromatic nitrogens is 2. The van der Waals surface area contributed by atoms with E-state index >= 15 is 0 Å². The maximum Gasteiger partial charge on any atom is 0.241 e. The van der Waals surface area contributed by atoms with Gasteiger partial charge in [0.2, 0.25) is 7.28 Å². The summed E-state index contributed by atoms with van der Waals surface area (Å²) >= 11 is 12.9. The number of aryl methyl sites for hydroxylation is 1. The summed E-state index contributed by atoms with van der Waals surface area (Å²) in [6, 6.07) is 15.7. The maximum absolute atomic E-state index is 6.53. The van der Waals surface area contributed by atoms with Gasteiger partial charge in [0, 0.05) is 29.0 Å². The fraction of sp³-hybridized carbons (Fsp3) is 0.320. The van der Waals surface area contributed by atoms with Crippen molar-refractivity contribution in [3.63, 3.8) is 0 Å². The molecule has 0 atom stereocenters. The molecule has 0 unspecified atom stereocenters. The van der Waals surface area contributed by atoms with Crippen LogP contribution in [0, 0.1) is 0 Å². The number of imidazole rings is 1. The molecule has 2 aromatic carbocycles. The quantitative estimate of drug-likeness (QED) is 0.178. The Bertz CT molecular complexity index is 965. The molecule has 5 heteroatoms. The van der Waals surface area contributed by atoms with Crippen LogP contribution in [-0.2, 0) is 6.54 Å². The first-order chi connectivity index (χ1) is 14.7. The first kappa shape index (κ1) is 22.7. The monoisotopic (exact) mass is 437 g/mol. The predicted octanol–water partition coefficient (Wildman–Crippen LogP) is 7.08. The molecule has 1 aromatic heterocycles. The molecule has 3 rings (SSSR count). The van der Waals surface area contributed by atoms with Gasteiger partial charge in [0.05, 0.1) is 5.72 Å². The van der Waals surface area contributed by atoms with Gasteiger partial charge in [-0.05, 0) is 29.7 Å². The third kappa shape index (κ3) is 6.52. The van der Waals surface area contributed by atoms with Crippen LogP contribution in [0.5, 0.6) is 0 Å². The molecule has 0 spiro atoms. The van der Waals surface area contributed by atoms with Gasteiger partial charge in [0.15, 0.2) is 0 Å². The van der Waals surface area contributed by atoms with Crippen LogP contribution in [-0.4, -0.2) is 16.8 Å². The molecule has 3 aromatic rings. The Morgan fingerprint density at radius 1 is 0.933 bits per heavy atom. The minimum Gasteiger partial charge on any atom is -0.343 e. The van der Waals surface area contributed by atoms with Crippen molar-refractivity contribution in [3.05, 3.63) is 82.1 Å². The van der Waals surface area contributed by atoms with Crippen molar-refractivity contribution in [3.8, 4) is 0 Å². The van der Waals surface area contributed by atoms with Gasteiger partial charge in [0.25, 0.3) is 0 Å². The molecular weight excluding hydrogens is 410 g/mol. The molecule has 2 nitrogen and oxygen atoms in total. The second-order valence-corrected chi connectivity index (χ2v) is 8.31. The van der Waals surface area contributed by atoms with Gasteiger partial charge < -0.3 is 4.57 Å². The van der Waals surface area contributed by atoms with Crippen LogP contribution in [0.1, 0.15) is 56.6 Å². The lowest BCUT2D eigenvalue weighted by Crippen LogP contribution is -2.27. The number of benzene rings is 2. The SMILES string of the molecule is CCCCCCCCn1ccnc1[B]C(=Cc1ccccc1Cl)c1ccccc1Cl. The Labute approximate surface area is 191 Å². The van der Waals surface area contributed by atoms with E-state index in [4.69, 9.17) is 23.2 Å². The predicted molar refractivity (Wildman–Crippen MR) is 132 cm³/mol. The minimum atomic E-state index is 0.709. The van der Waals surface area contributed by atoms with E-state index in [1.807, 2.05) is 54.7 Å². The van der Waals surface area contributed by atoms with E-state index in [0.717, 1.165) is 35.3 Å². The van der Waals surface area contributed by atoms with Crippen molar-refractivity contribution in [1.82, 2.24) is 9.55 Å². The highest BCUT2D eigenvalue weighted by molar-refractivity contribution is 6.73. The van der Waals surface area contributed by atoms with Crippen LogP contribution in [0.4, 0.5) is 0 Å². The molecule has 155 valence electrons. The van der Waals surface area contributed by atoms with Gasteiger partial charge in [-0.15, -0.1) is 0 Å². The Balaban J connectivity index is 1.79. The third-order valence-corrected chi connectivity index (χ3v) is 5.86. The van der Waals surface area contributed by atoms with Gasteiger partial charge >= 0.3 is 0 Å². The third-order valence-electron chi connectivity index (χ3n) is 5.19. The van der Waals surface area contributed by atoms with Crippen LogP contribution in [0.2, 0.25) is 10.0 Å². The van der Waals surface area contributed by atoms with Gasteiger partial charge in [-0.2, -0.15) is 0 Å². The maximum atomic E-state index is 6.53. The molecule has 0 aliphatic heterocycles. The van der Waals surface area contributed by atoms with E-state index in [-0.39, 0.29) is 0 Å². The fourth-order valence-electron chi connectivity index (χ4n) is 3.50. The van der Waals surface area contributed by atoms with Crippen LogP contribution in [0.15, 0.2) is 60.9 Å². The number of hydrogen-bond acceptors (Lipinski definition) is 1. The first-order valence-corrected chi connectivity index (χ1v) is 11.5. The average molecular weight is 438 g/mol. The highest BCUT2D eigenvalue weighted by Crippen LogP contribution is 2.27. The van der Waals surface area contributed by atoms with Crippen LogP contribution >= 0.6 is 23.2 Å². The fourth-order valence-corrected chi connectivity index (χ4v) is 3.94. The summed E-state index contributed by atoms with van der Waals surface area (Å²) in [5, 5.41) is 1.42. The minimum absolute atomic E-state index is 0.709. The van der Waals surface area contributed by atoms with Gasteiger partial charge in [-0.25, -0.2) is 0 Å². The Morgan fingerprint density at radius 3 is 2.40 bits per heavy atom. The Kier molecular flexibility index (Phi) is 9.11. The lowest BCUT2D eigenvalue weighted by Gasteiger charge is -2.12. The zero-order valence-electron chi connectivity index (χ0n) is 17.5. The van der Waals surface area contributed by atoms with Crippen LogP contribution in [0.25, 0.3) is 11.5 Å². The number of hydrogen-bond donors (Lipinski definition) is 0. The molecular formula is C25H28BCl2N2. The van der Waals surface area contributed by atoms with Crippen molar-refractivity contribution in [2.24, 2.45) is 0 Å². The molecule has 0 saturated carbocycles. The molecule has 1 heterocycles. The number of rotatable bonds is 11. The van der Waals surface area contributed by atoms with E-state index in [0.29, 0.717) is 10.0 Å². The lowest BCUT2D eigenvalue weighted by atomic mass is 9.65. The largest absolute Gasteiger partial charge is 0.343 e. The van der Waals surface area contributed by atoms with Crippen molar-refractivity contribution in [2.45, 2.75) is 52.0 Å². The summed E-state index contributed by atoms with van der Waals surface area (Å²) in [6.45, 7) is 3.22. The summed E-state index contributed by atoms with van der Waals surface area (Å²) in [5.41, 5.74) is 3.85. The van der Waals surface area contributed by atoms with E-state index in [9.17, 15) is 0 Å². The Hall–Kier alpha value is -1.97. The number of unbranched alkanes of at least 4 members (excludes halogenated alkanes) is 5. The molecule has 0 bridgehead atoms. The molecule has 30 heavy (non-hydrogen) atoms. The zero-order valence-corrected chi connectivity index (χ0v) is 19.0. The van der Waals surface area contributed by atoms with Crippen molar-refractivity contribution in [2.75, 3.05) is 0 Å². The van der Waals surface area contributed by atoms with E-state index in [1.165, 1.54) is 32.1 Å². The van der Waals surface area contributed by atoms with Crippen molar-refractivity contribution in [1.29, 1.82) is 0 Å². The van der Waals surface area contributed by atoms with Gasteiger partial charge in [-0.1, -0.05) is 110 Å². The molecule has 0 fully saturated rings. The number of halogens is 2. The molecule has 0 aliphatic rings. The van der Waals surface area contributed by atoms with Gasteiger partial charge in [0.1, 0.15) is 0 Å². The van der Waals surface area contributed by atoms with E-state index in [2.05, 4.69) is 36.0 Å². The summed E-state index contributed by atoms with van der Waals surface area (Å²) < 4.78 is 2.22.